The van der Waals surface area contributed by atoms with E-state index in [9.17, 15) is 4.79 Å². The number of hydrogen-bond donors (Lipinski definition) is 1. The Balaban J connectivity index is 2.22. The molecule has 0 bridgehead atoms. The van der Waals surface area contributed by atoms with Gasteiger partial charge in [0, 0.05) is 31.4 Å². The number of carboxylic acids is 1. The van der Waals surface area contributed by atoms with E-state index in [2.05, 4.69) is 9.98 Å². The van der Waals surface area contributed by atoms with Crippen molar-refractivity contribution in [2.24, 2.45) is 4.99 Å². The van der Waals surface area contributed by atoms with Gasteiger partial charge in [0.2, 0.25) is 0 Å². The SMILES string of the molecule is O=C(O)CCC1(n2ccnc2)C=CC=N1. The monoisotopic (exact) mass is 205 g/mol. The summed E-state index contributed by atoms with van der Waals surface area (Å²) in [6.45, 7) is 0. The molecule has 0 radical (unpaired) electrons. The number of allylic oxidation sites excluding steroid dienone is 1. The van der Waals surface area contributed by atoms with Crippen LogP contribution < -0.4 is 0 Å². The Morgan fingerprint density at radius 3 is 2.93 bits per heavy atom. The molecule has 2 heterocycles. The second-order valence-corrected chi connectivity index (χ2v) is 3.38. The zero-order valence-electron chi connectivity index (χ0n) is 8.08. The summed E-state index contributed by atoms with van der Waals surface area (Å²) in [5.41, 5.74) is -0.588. The fourth-order valence-corrected chi connectivity index (χ4v) is 1.62. The number of aliphatic imine (C=N–C) groups is 1. The summed E-state index contributed by atoms with van der Waals surface area (Å²) in [6.07, 6.45) is 11.0. The maximum atomic E-state index is 10.6. The van der Waals surface area contributed by atoms with Gasteiger partial charge in [-0.15, -0.1) is 0 Å². The van der Waals surface area contributed by atoms with Crippen molar-refractivity contribution < 1.29 is 9.90 Å². The second-order valence-electron chi connectivity index (χ2n) is 3.38. The van der Waals surface area contributed by atoms with Crippen LogP contribution in [0.15, 0.2) is 35.9 Å². The number of carboxylic acid groups (broad SMARTS) is 1. The normalized spacial score (nSPS) is 23.5. The smallest absolute Gasteiger partial charge is 0.303 e. The van der Waals surface area contributed by atoms with Gasteiger partial charge >= 0.3 is 5.97 Å². The largest absolute Gasteiger partial charge is 0.481 e. The lowest BCUT2D eigenvalue weighted by atomic mass is 10.1. The Morgan fingerprint density at radius 2 is 2.40 bits per heavy atom. The minimum absolute atomic E-state index is 0.0832. The minimum atomic E-state index is -0.815. The van der Waals surface area contributed by atoms with E-state index in [0.717, 1.165) is 0 Å². The lowest BCUT2D eigenvalue weighted by molar-refractivity contribution is -0.137. The van der Waals surface area contributed by atoms with E-state index in [0.29, 0.717) is 6.42 Å². The predicted octanol–water partition coefficient (Wildman–Crippen LogP) is 1.04. The van der Waals surface area contributed by atoms with Gasteiger partial charge in [0.05, 0.1) is 6.33 Å². The van der Waals surface area contributed by atoms with Crippen molar-refractivity contribution in [2.75, 3.05) is 0 Å². The van der Waals surface area contributed by atoms with Crippen LogP contribution in [-0.4, -0.2) is 26.8 Å². The van der Waals surface area contributed by atoms with Crippen molar-refractivity contribution in [3.63, 3.8) is 0 Å². The minimum Gasteiger partial charge on any atom is -0.481 e. The average Bonchev–Trinajstić information content (AvgIpc) is 2.86. The summed E-state index contributed by atoms with van der Waals surface area (Å²) < 4.78 is 1.82. The number of rotatable bonds is 4. The summed E-state index contributed by atoms with van der Waals surface area (Å²) in [6, 6.07) is 0. The Hall–Kier alpha value is -1.91. The van der Waals surface area contributed by atoms with Crippen LogP contribution in [0.3, 0.4) is 0 Å². The van der Waals surface area contributed by atoms with Crippen molar-refractivity contribution in [1.82, 2.24) is 9.55 Å². The molecule has 0 fully saturated rings. The van der Waals surface area contributed by atoms with Crippen LogP contribution in [0.4, 0.5) is 0 Å². The molecular formula is C10H11N3O2. The number of hydrogen-bond acceptors (Lipinski definition) is 3. The molecule has 5 nitrogen and oxygen atoms in total. The van der Waals surface area contributed by atoms with Crippen molar-refractivity contribution in [1.29, 1.82) is 0 Å². The molecule has 1 unspecified atom stereocenters. The molecule has 0 amide bonds. The number of aliphatic carboxylic acids is 1. The first-order chi connectivity index (χ1) is 7.23. The van der Waals surface area contributed by atoms with E-state index < -0.39 is 11.6 Å². The van der Waals surface area contributed by atoms with Crippen LogP contribution in [-0.2, 0) is 10.5 Å². The molecule has 1 N–H and O–H groups in total. The molecule has 0 aromatic carbocycles. The summed E-state index contributed by atoms with van der Waals surface area (Å²) in [7, 11) is 0. The Labute approximate surface area is 86.8 Å². The molecule has 2 rings (SSSR count). The molecule has 15 heavy (non-hydrogen) atoms. The Morgan fingerprint density at radius 1 is 1.53 bits per heavy atom. The summed E-state index contributed by atoms with van der Waals surface area (Å²) in [4.78, 5) is 18.8. The van der Waals surface area contributed by atoms with Gasteiger partial charge in [0.15, 0.2) is 5.66 Å². The summed E-state index contributed by atoms with van der Waals surface area (Å²) >= 11 is 0. The van der Waals surface area contributed by atoms with E-state index in [1.165, 1.54) is 0 Å². The third kappa shape index (κ3) is 1.81. The molecule has 78 valence electrons. The number of nitrogens with zero attached hydrogens (tertiary/aromatic N) is 3. The van der Waals surface area contributed by atoms with E-state index in [1.54, 1.807) is 24.9 Å². The van der Waals surface area contributed by atoms with Crippen LogP contribution >= 0.6 is 0 Å². The van der Waals surface area contributed by atoms with Crippen LogP contribution in [0, 0.1) is 0 Å². The van der Waals surface area contributed by atoms with Crippen molar-refractivity contribution >= 4 is 12.2 Å². The van der Waals surface area contributed by atoms with Gasteiger partial charge in [-0.05, 0) is 12.2 Å². The van der Waals surface area contributed by atoms with Crippen molar-refractivity contribution in [2.45, 2.75) is 18.5 Å². The highest BCUT2D eigenvalue weighted by Gasteiger charge is 2.29. The molecule has 1 aliphatic heterocycles. The van der Waals surface area contributed by atoms with E-state index in [4.69, 9.17) is 5.11 Å². The van der Waals surface area contributed by atoms with Gasteiger partial charge in [0.25, 0.3) is 0 Å². The molecule has 0 aliphatic carbocycles. The van der Waals surface area contributed by atoms with E-state index >= 15 is 0 Å². The highest BCUT2D eigenvalue weighted by atomic mass is 16.4. The van der Waals surface area contributed by atoms with Crippen molar-refractivity contribution in [3.8, 4) is 0 Å². The zero-order chi connectivity index (χ0) is 10.7. The van der Waals surface area contributed by atoms with Gasteiger partial charge in [-0.3, -0.25) is 9.79 Å². The molecule has 5 heteroatoms. The molecule has 1 atom stereocenters. The zero-order valence-corrected chi connectivity index (χ0v) is 8.08. The molecule has 0 saturated heterocycles. The maximum Gasteiger partial charge on any atom is 0.303 e. The average molecular weight is 205 g/mol. The molecular weight excluding hydrogens is 194 g/mol. The van der Waals surface area contributed by atoms with Gasteiger partial charge in [-0.25, -0.2) is 4.98 Å². The first-order valence-electron chi connectivity index (χ1n) is 4.66. The van der Waals surface area contributed by atoms with Crippen LogP contribution in [0.25, 0.3) is 0 Å². The fourth-order valence-electron chi connectivity index (χ4n) is 1.62. The van der Waals surface area contributed by atoms with Crippen LogP contribution in [0.5, 0.6) is 0 Å². The van der Waals surface area contributed by atoms with Gasteiger partial charge in [0.1, 0.15) is 0 Å². The molecule has 0 spiro atoms. The highest BCUT2D eigenvalue weighted by Crippen LogP contribution is 2.28. The van der Waals surface area contributed by atoms with Gasteiger partial charge in [-0.1, -0.05) is 0 Å². The summed E-state index contributed by atoms with van der Waals surface area (Å²) in [5.74, 6) is -0.815. The molecule has 1 aromatic heterocycles. The summed E-state index contributed by atoms with van der Waals surface area (Å²) in [5, 5.41) is 8.68. The first-order valence-corrected chi connectivity index (χ1v) is 4.66. The standard InChI is InChI=1S/C10H11N3O2/c14-9(15)2-4-10(3-1-5-12-10)13-7-6-11-8-13/h1,3,5-8H,2,4H2,(H,14,15). The third-order valence-corrected chi connectivity index (χ3v) is 2.41. The Kier molecular flexibility index (Phi) is 2.37. The number of carbonyl (C=O) groups is 1. The third-order valence-electron chi connectivity index (χ3n) is 2.41. The number of imidazole rings is 1. The quantitative estimate of drug-likeness (QED) is 0.798. The Bertz CT molecular complexity index is 394. The maximum absolute atomic E-state index is 10.6. The molecule has 1 aromatic rings. The highest BCUT2D eigenvalue weighted by molar-refractivity contribution is 5.75. The van der Waals surface area contributed by atoms with Crippen LogP contribution in [0.2, 0.25) is 0 Å². The van der Waals surface area contributed by atoms with Gasteiger partial charge < -0.3 is 9.67 Å². The second kappa shape index (κ2) is 3.68. The fraction of sp³-hybridized carbons (Fsp3) is 0.300. The van der Waals surface area contributed by atoms with Crippen LogP contribution in [0.1, 0.15) is 12.8 Å². The molecule has 1 aliphatic rings. The van der Waals surface area contributed by atoms with Crippen molar-refractivity contribution in [3.05, 3.63) is 30.9 Å². The lowest BCUT2D eigenvalue weighted by Crippen LogP contribution is -2.27. The van der Waals surface area contributed by atoms with E-state index in [1.807, 2.05) is 16.7 Å². The molecule has 0 saturated carbocycles. The topological polar surface area (TPSA) is 67.5 Å². The van der Waals surface area contributed by atoms with Gasteiger partial charge in [-0.2, -0.15) is 0 Å². The lowest BCUT2D eigenvalue weighted by Gasteiger charge is -2.24. The first kappa shape index (κ1) is 9.64. The predicted molar refractivity (Wildman–Crippen MR) is 54.7 cm³/mol. The number of aromatic nitrogens is 2. The van der Waals surface area contributed by atoms with E-state index in [-0.39, 0.29) is 6.42 Å².